The van der Waals surface area contributed by atoms with Crippen molar-refractivity contribution >= 4 is 0 Å². The zero-order valence-corrected chi connectivity index (χ0v) is 9.65. The van der Waals surface area contributed by atoms with Gasteiger partial charge in [-0.05, 0) is 44.9 Å². The Hall–Kier alpha value is -0.590. The van der Waals surface area contributed by atoms with Crippen LogP contribution in [-0.4, -0.2) is 24.9 Å². The van der Waals surface area contributed by atoms with Gasteiger partial charge in [0.15, 0.2) is 0 Å². The number of rotatable bonds is 3. The van der Waals surface area contributed by atoms with Crippen molar-refractivity contribution in [3.05, 3.63) is 0 Å². The van der Waals surface area contributed by atoms with Gasteiger partial charge < -0.3 is 9.47 Å². The second-order valence-electron chi connectivity index (χ2n) is 5.47. The van der Waals surface area contributed by atoms with E-state index in [1.807, 2.05) is 0 Å². The highest BCUT2D eigenvalue weighted by Gasteiger charge is 2.52. The molecule has 3 heteroatoms. The van der Waals surface area contributed by atoms with Crippen LogP contribution in [0.3, 0.4) is 0 Å². The lowest BCUT2D eigenvalue weighted by Crippen LogP contribution is -2.31. The molecule has 3 saturated heterocycles. The van der Waals surface area contributed by atoms with E-state index in [0.717, 1.165) is 38.7 Å². The molecule has 3 aliphatic heterocycles. The van der Waals surface area contributed by atoms with E-state index in [9.17, 15) is 5.26 Å². The van der Waals surface area contributed by atoms with Crippen molar-refractivity contribution in [2.24, 2.45) is 5.41 Å². The highest BCUT2D eigenvalue weighted by atomic mass is 16.5. The fraction of sp³-hybridized carbons (Fsp3) is 0.923. The molecule has 4 atom stereocenters. The Balaban J connectivity index is 1.61. The van der Waals surface area contributed by atoms with Crippen molar-refractivity contribution in [2.75, 3.05) is 6.61 Å². The van der Waals surface area contributed by atoms with Gasteiger partial charge in [-0.15, -0.1) is 0 Å². The van der Waals surface area contributed by atoms with Gasteiger partial charge >= 0.3 is 0 Å². The molecule has 16 heavy (non-hydrogen) atoms. The summed E-state index contributed by atoms with van der Waals surface area (Å²) < 4.78 is 11.5. The molecule has 0 spiro atoms. The Kier molecular flexibility index (Phi) is 2.65. The Labute approximate surface area is 96.7 Å². The summed E-state index contributed by atoms with van der Waals surface area (Å²) in [5.41, 5.74) is -0.186. The van der Waals surface area contributed by atoms with Crippen LogP contribution in [-0.2, 0) is 9.47 Å². The van der Waals surface area contributed by atoms with Gasteiger partial charge in [-0.1, -0.05) is 0 Å². The smallest absolute Gasteiger partial charge is 0.0860 e. The van der Waals surface area contributed by atoms with E-state index in [1.165, 1.54) is 12.8 Å². The van der Waals surface area contributed by atoms with Crippen LogP contribution in [0.25, 0.3) is 0 Å². The van der Waals surface area contributed by atoms with E-state index in [4.69, 9.17) is 9.47 Å². The largest absolute Gasteiger partial charge is 0.378 e. The molecule has 3 aliphatic rings. The Bertz CT molecular complexity index is 306. The van der Waals surface area contributed by atoms with Crippen LogP contribution in [0.15, 0.2) is 0 Å². The molecular formula is C13H19NO2. The molecule has 3 rings (SSSR count). The van der Waals surface area contributed by atoms with Crippen LogP contribution in [0.5, 0.6) is 0 Å². The molecule has 4 unspecified atom stereocenters. The first-order valence-corrected chi connectivity index (χ1v) is 6.51. The Morgan fingerprint density at radius 1 is 1.31 bits per heavy atom. The van der Waals surface area contributed by atoms with E-state index in [1.54, 1.807) is 0 Å². The fourth-order valence-electron chi connectivity index (χ4n) is 3.53. The van der Waals surface area contributed by atoms with Gasteiger partial charge in [0, 0.05) is 6.61 Å². The summed E-state index contributed by atoms with van der Waals surface area (Å²) in [6.45, 7) is 0.909. The quantitative estimate of drug-likeness (QED) is 0.735. The lowest BCUT2D eigenvalue weighted by molar-refractivity contribution is 0.0609. The first-order valence-electron chi connectivity index (χ1n) is 6.51. The van der Waals surface area contributed by atoms with Crippen molar-refractivity contribution < 1.29 is 9.47 Å². The minimum atomic E-state index is -0.186. The van der Waals surface area contributed by atoms with E-state index >= 15 is 0 Å². The number of hydrogen-bond acceptors (Lipinski definition) is 3. The lowest BCUT2D eigenvalue weighted by atomic mass is 9.71. The number of ether oxygens (including phenoxy) is 2. The van der Waals surface area contributed by atoms with Gasteiger partial charge in [0.05, 0.1) is 29.8 Å². The van der Waals surface area contributed by atoms with Crippen molar-refractivity contribution in [2.45, 2.75) is 63.3 Å². The normalized spacial score (nSPS) is 46.1. The molecule has 0 N–H and O–H groups in total. The summed E-state index contributed by atoms with van der Waals surface area (Å²) in [6.07, 6.45) is 8.57. The average molecular weight is 221 g/mol. The average Bonchev–Trinajstić information content (AvgIpc) is 3.02. The molecule has 2 bridgehead atoms. The van der Waals surface area contributed by atoms with Gasteiger partial charge in [0.25, 0.3) is 0 Å². The second-order valence-corrected chi connectivity index (χ2v) is 5.47. The first-order chi connectivity index (χ1) is 7.82. The Morgan fingerprint density at radius 3 is 2.81 bits per heavy atom. The SMILES string of the molecule is N#CC1(CCC2CCCO2)CC2CCC1O2. The zero-order valence-electron chi connectivity index (χ0n) is 9.65. The predicted octanol–water partition coefficient (Wildman–Crippen LogP) is 2.41. The molecule has 0 aromatic carbocycles. The van der Waals surface area contributed by atoms with Gasteiger partial charge in [-0.25, -0.2) is 0 Å². The van der Waals surface area contributed by atoms with Crippen LogP contribution in [0.2, 0.25) is 0 Å². The zero-order chi connectivity index (χ0) is 11.0. The third kappa shape index (κ3) is 1.65. The third-order valence-electron chi connectivity index (χ3n) is 4.47. The first kappa shape index (κ1) is 10.6. The molecule has 0 aliphatic carbocycles. The Morgan fingerprint density at radius 2 is 2.25 bits per heavy atom. The molecule has 3 nitrogen and oxygen atoms in total. The van der Waals surface area contributed by atoms with Crippen molar-refractivity contribution in [1.29, 1.82) is 5.26 Å². The molecule has 0 saturated carbocycles. The highest BCUT2D eigenvalue weighted by Crippen LogP contribution is 2.50. The second kappa shape index (κ2) is 4.01. The predicted molar refractivity (Wildman–Crippen MR) is 58.8 cm³/mol. The molecule has 3 fully saturated rings. The standard InChI is InChI=1S/C13H19NO2/c14-9-13(6-5-10-2-1-7-15-10)8-11-3-4-12(13)16-11/h10-12H,1-8H2. The number of hydrogen-bond donors (Lipinski definition) is 0. The lowest BCUT2D eigenvalue weighted by Gasteiger charge is -2.28. The van der Waals surface area contributed by atoms with Crippen LogP contribution < -0.4 is 0 Å². The van der Waals surface area contributed by atoms with E-state index in [-0.39, 0.29) is 11.5 Å². The van der Waals surface area contributed by atoms with Gasteiger partial charge in [0.2, 0.25) is 0 Å². The van der Waals surface area contributed by atoms with Crippen LogP contribution in [0, 0.1) is 16.7 Å². The van der Waals surface area contributed by atoms with Crippen molar-refractivity contribution in [3.8, 4) is 6.07 Å². The van der Waals surface area contributed by atoms with Crippen molar-refractivity contribution in [3.63, 3.8) is 0 Å². The summed E-state index contributed by atoms with van der Waals surface area (Å²) in [7, 11) is 0. The maximum absolute atomic E-state index is 9.44. The highest BCUT2D eigenvalue weighted by molar-refractivity contribution is 5.12. The topological polar surface area (TPSA) is 42.2 Å². The maximum Gasteiger partial charge on any atom is 0.0860 e. The summed E-state index contributed by atoms with van der Waals surface area (Å²) >= 11 is 0. The van der Waals surface area contributed by atoms with Crippen molar-refractivity contribution in [1.82, 2.24) is 0 Å². The molecular weight excluding hydrogens is 202 g/mol. The van der Waals surface area contributed by atoms with Gasteiger partial charge in [-0.3, -0.25) is 0 Å². The minimum absolute atomic E-state index is 0.186. The third-order valence-corrected chi connectivity index (χ3v) is 4.47. The van der Waals surface area contributed by atoms with Gasteiger partial charge in [-0.2, -0.15) is 5.26 Å². The van der Waals surface area contributed by atoms with E-state index in [0.29, 0.717) is 12.2 Å². The summed E-state index contributed by atoms with van der Waals surface area (Å²) in [4.78, 5) is 0. The molecule has 0 amide bonds. The van der Waals surface area contributed by atoms with Crippen LogP contribution >= 0.6 is 0 Å². The fourth-order valence-corrected chi connectivity index (χ4v) is 3.53. The van der Waals surface area contributed by atoms with E-state index < -0.39 is 0 Å². The maximum atomic E-state index is 9.44. The molecule has 88 valence electrons. The summed E-state index contributed by atoms with van der Waals surface area (Å²) in [5.74, 6) is 0. The van der Waals surface area contributed by atoms with E-state index in [2.05, 4.69) is 6.07 Å². The summed E-state index contributed by atoms with van der Waals surface area (Å²) in [5, 5.41) is 9.44. The monoisotopic (exact) mass is 221 g/mol. The molecule has 0 aromatic heterocycles. The van der Waals surface area contributed by atoms with Crippen LogP contribution in [0.1, 0.15) is 44.9 Å². The number of fused-ring (bicyclic) bond motifs is 2. The van der Waals surface area contributed by atoms with Gasteiger partial charge in [0.1, 0.15) is 0 Å². The number of nitriles is 1. The number of nitrogens with zero attached hydrogens (tertiary/aromatic N) is 1. The molecule has 3 heterocycles. The summed E-state index contributed by atoms with van der Waals surface area (Å²) in [6, 6.07) is 2.55. The van der Waals surface area contributed by atoms with Crippen LogP contribution in [0.4, 0.5) is 0 Å². The molecule has 0 radical (unpaired) electrons. The minimum Gasteiger partial charge on any atom is -0.378 e. The molecule has 0 aromatic rings.